The van der Waals surface area contributed by atoms with Crippen LogP contribution in [0.15, 0.2) is 23.1 Å². The Morgan fingerprint density at radius 3 is 2.83 bits per heavy atom. The van der Waals surface area contributed by atoms with Gasteiger partial charge in [0, 0.05) is 11.4 Å². The van der Waals surface area contributed by atoms with Crippen LogP contribution in [-0.4, -0.2) is 29.4 Å². The normalized spacial score (nSPS) is 17.1. The summed E-state index contributed by atoms with van der Waals surface area (Å²) in [5, 5.41) is 13.1. The van der Waals surface area contributed by atoms with Gasteiger partial charge in [-0.15, -0.1) is 11.8 Å². The van der Waals surface area contributed by atoms with Crippen LogP contribution >= 0.6 is 23.4 Å². The Kier molecular flexibility index (Phi) is 4.20. The SMILES string of the molecule is CSc1ccc(Cl)c(C(=O)NCC2(O)CCC2)c1. The number of rotatable bonds is 4. The highest BCUT2D eigenvalue weighted by Gasteiger charge is 2.34. The van der Waals surface area contributed by atoms with Crippen LogP contribution in [-0.2, 0) is 0 Å². The summed E-state index contributed by atoms with van der Waals surface area (Å²) in [5.74, 6) is -0.226. The second kappa shape index (κ2) is 5.51. The van der Waals surface area contributed by atoms with Gasteiger partial charge in [-0.2, -0.15) is 0 Å². The van der Waals surface area contributed by atoms with Crippen LogP contribution in [0.3, 0.4) is 0 Å². The summed E-state index contributed by atoms with van der Waals surface area (Å²) in [7, 11) is 0. The third-order valence-electron chi connectivity index (χ3n) is 3.28. The second-order valence-electron chi connectivity index (χ2n) is 4.61. The number of amides is 1. The Morgan fingerprint density at radius 2 is 2.28 bits per heavy atom. The smallest absolute Gasteiger partial charge is 0.252 e. The van der Waals surface area contributed by atoms with E-state index >= 15 is 0 Å². The molecule has 1 aliphatic rings. The first-order valence-electron chi connectivity index (χ1n) is 5.88. The Labute approximate surface area is 116 Å². The van der Waals surface area contributed by atoms with Crippen molar-refractivity contribution in [3.63, 3.8) is 0 Å². The molecule has 1 saturated carbocycles. The van der Waals surface area contributed by atoms with Crippen molar-refractivity contribution >= 4 is 29.3 Å². The molecule has 1 aromatic carbocycles. The fourth-order valence-electron chi connectivity index (χ4n) is 1.91. The maximum atomic E-state index is 12.0. The van der Waals surface area contributed by atoms with Gasteiger partial charge < -0.3 is 10.4 Å². The summed E-state index contributed by atoms with van der Waals surface area (Å²) < 4.78 is 0. The highest BCUT2D eigenvalue weighted by atomic mass is 35.5. The zero-order valence-electron chi connectivity index (χ0n) is 10.2. The van der Waals surface area contributed by atoms with E-state index in [1.165, 1.54) is 0 Å². The number of hydrogen-bond acceptors (Lipinski definition) is 3. The molecule has 3 nitrogen and oxygen atoms in total. The third-order valence-corrected chi connectivity index (χ3v) is 4.34. The molecular weight excluding hydrogens is 270 g/mol. The summed E-state index contributed by atoms with van der Waals surface area (Å²) in [6, 6.07) is 5.37. The van der Waals surface area contributed by atoms with Gasteiger partial charge in [-0.3, -0.25) is 4.79 Å². The topological polar surface area (TPSA) is 49.3 Å². The van der Waals surface area contributed by atoms with E-state index in [4.69, 9.17) is 11.6 Å². The maximum Gasteiger partial charge on any atom is 0.252 e. The summed E-state index contributed by atoms with van der Waals surface area (Å²) in [4.78, 5) is 13.0. The molecule has 1 aromatic rings. The van der Waals surface area contributed by atoms with Gasteiger partial charge in [0.2, 0.25) is 0 Å². The number of hydrogen-bond donors (Lipinski definition) is 2. The van der Waals surface area contributed by atoms with Crippen molar-refractivity contribution in [3.05, 3.63) is 28.8 Å². The lowest BCUT2D eigenvalue weighted by molar-refractivity contribution is -0.0300. The molecule has 1 fully saturated rings. The predicted octanol–water partition coefficient (Wildman–Crippen LogP) is 2.71. The van der Waals surface area contributed by atoms with Crippen LogP contribution in [0.25, 0.3) is 0 Å². The van der Waals surface area contributed by atoms with Gasteiger partial charge in [-0.25, -0.2) is 0 Å². The molecule has 98 valence electrons. The highest BCUT2D eigenvalue weighted by molar-refractivity contribution is 7.98. The largest absolute Gasteiger partial charge is 0.388 e. The van der Waals surface area contributed by atoms with Crippen molar-refractivity contribution in [1.82, 2.24) is 5.32 Å². The predicted molar refractivity (Wildman–Crippen MR) is 74.4 cm³/mol. The van der Waals surface area contributed by atoms with Crippen LogP contribution in [0.4, 0.5) is 0 Å². The second-order valence-corrected chi connectivity index (χ2v) is 5.89. The maximum absolute atomic E-state index is 12.0. The lowest BCUT2D eigenvalue weighted by atomic mass is 9.80. The van der Waals surface area contributed by atoms with Crippen molar-refractivity contribution in [2.45, 2.75) is 29.8 Å². The monoisotopic (exact) mass is 285 g/mol. The van der Waals surface area contributed by atoms with Gasteiger partial charge in [0.05, 0.1) is 16.2 Å². The van der Waals surface area contributed by atoms with Crippen LogP contribution in [0.2, 0.25) is 5.02 Å². The molecule has 1 amide bonds. The van der Waals surface area contributed by atoms with Crippen LogP contribution in [0.5, 0.6) is 0 Å². The molecule has 0 saturated heterocycles. The summed E-state index contributed by atoms with van der Waals surface area (Å²) in [6.45, 7) is 0.297. The van der Waals surface area contributed by atoms with Gasteiger partial charge in [0.25, 0.3) is 5.91 Å². The van der Waals surface area contributed by atoms with Gasteiger partial charge in [-0.1, -0.05) is 11.6 Å². The number of carbonyl (C=O) groups excluding carboxylic acids is 1. The minimum Gasteiger partial charge on any atom is -0.388 e. The molecule has 2 N–H and O–H groups in total. The molecule has 18 heavy (non-hydrogen) atoms. The highest BCUT2D eigenvalue weighted by Crippen LogP contribution is 2.31. The van der Waals surface area contributed by atoms with Crippen molar-refractivity contribution < 1.29 is 9.90 Å². The summed E-state index contributed by atoms with van der Waals surface area (Å²) >= 11 is 7.57. The molecule has 0 aromatic heterocycles. The molecule has 0 aliphatic heterocycles. The van der Waals surface area contributed by atoms with Gasteiger partial charge >= 0.3 is 0 Å². The molecule has 0 bridgehead atoms. The molecule has 0 heterocycles. The fourth-order valence-corrected chi connectivity index (χ4v) is 2.55. The van der Waals surface area contributed by atoms with Gasteiger partial charge in [0.1, 0.15) is 0 Å². The van der Waals surface area contributed by atoms with E-state index in [9.17, 15) is 9.90 Å². The minimum atomic E-state index is -0.709. The van der Waals surface area contributed by atoms with E-state index in [2.05, 4.69) is 5.32 Å². The zero-order chi connectivity index (χ0) is 13.2. The van der Waals surface area contributed by atoms with Crippen LogP contribution in [0.1, 0.15) is 29.6 Å². The van der Waals surface area contributed by atoms with E-state index in [1.54, 1.807) is 23.9 Å². The quantitative estimate of drug-likeness (QED) is 0.836. The number of benzene rings is 1. The minimum absolute atomic E-state index is 0.226. The molecule has 0 unspecified atom stereocenters. The molecule has 0 atom stereocenters. The van der Waals surface area contributed by atoms with E-state index in [0.29, 0.717) is 17.1 Å². The number of carbonyl (C=O) groups is 1. The number of aliphatic hydroxyl groups is 1. The van der Waals surface area contributed by atoms with Crippen molar-refractivity contribution in [1.29, 1.82) is 0 Å². The Bertz CT molecular complexity index is 460. The van der Waals surface area contributed by atoms with Crippen molar-refractivity contribution in [2.75, 3.05) is 12.8 Å². The Morgan fingerprint density at radius 1 is 1.56 bits per heavy atom. The molecule has 2 rings (SSSR count). The number of nitrogens with one attached hydrogen (secondary N) is 1. The Balaban J connectivity index is 2.03. The average molecular weight is 286 g/mol. The first kappa shape index (κ1) is 13.7. The first-order chi connectivity index (χ1) is 8.54. The third kappa shape index (κ3) is 2.99. The zero-order valence-corrected chi connectivity index (χ0v) is 11.8. The van der Waals surface area contributed by atoms with E-state index < -0.39 is 5.60 Å². The lowest BCUT2D eigenvalue weighted by Gasteiger charge is -2.36. The van der Waals surface area contributed by atoms with Gasteiger partial charge in [-0.05, 0) is 43.7 Å². The number of halogens is 1. The van der Waals surface area contributed by atoms with Crippen LogP contribution in [0, 0.1) is 0 Å². The van der Waals surface area contributed by atoms with Crippen molar-refractivity contribution in [2.24, 2.45) is 0 Å². The molecule has 0 spiro atoms. The molecule has 1 aliphatic carbocycles. The fraction of sp³-hybridized carbons (Fsp3) is 0.462. The molecule has 5 heteroatoms. The summed E-state index contributed by atoms with van der Waals surface area (Å²) in [6.07, 6.45) is 4.48. The number of thioether (sulfide) groups is 1. The van der Waals surface area contributed by atoms with Crippen LogP contribution < -0.4 is 5.32 Å². The standard InChI is InChI=1S/C13H16ClNO2S/c1-18-9-3-4-11(14)10(7-9)12(16)15-8-13(17)5-2-6-13/h3-4,7,17H,2,5-6,8H2,1H3,(H,15,16). The average Bonchev–Trinajstić information content (AvgIpc) is 2.34. The van der Waals surface area contributed by atoms with E-state index in [1.807, 2.05) is 12.3 Å². The first-order valence-corrected chi connectivity index (χ1v) is 7.48. The lowest BCUT2D eigenvalue weighted by Crippen LogP contribution is -2.47. The Hall–Kier alpha value is -0.710. The van der Waals surface area contributed by atoms with E-state index in [0.717, 1.165) is 24.2 Å². The molecule has 0 radical (unpaired) electrons. The van der Waals surface area contributed by atoms with E-state index in [-0.39, 0.29) is 5.91 Å². The molecular formula is C13H16ClNO2S. The van der Waals surface area contributed by atoms with Gasteiger partial charge in [0.15, 0.2) is 0 Å². The van der Waals surface area contributed by atoms with Crippen molar-refractivity contribution in [3.8, 4) is 0 Å². The summed E-state index contributed by atoms with van der Waals surface area (Å²) in [5.41, 5.74) is -0.245.